The first-order chi connectivity index (χ1) is 7.06. The third kappa shape index (κ3) is 2.52. The van der Waals surface area contributed by atoms with Crippen molar-refractivity contribution in [3.63, 3.8) is 0 Å². The largest absolute Gasteiger partial charge is 0.479 e. The van der Waals surface area contributed by atoms with Crippen molar-refractivity contribution in [2.24, 2.45) is 0 Å². The maximum atomic E-state index is 13.2. The second kappa shape index (κ2) is 4.54. The van der Waals surface area contributed by atoms with Crippen LogP contribution >= 0.6 is 0 Å². The van der Waals surface area contributed by atoms with E-state index in [0.717, 1.165) is 6.07 Å². The van der Waals surface area contributed by atoms with E-state index in [4.69, 9.17) is 9.84 Å². The summed E-state index contributed by atoms with van der Waals surface area (Å²) in [5.41, 5.74) is -0.0110. The molecule has 0 saturated carbocycles. The van der Waals surface area contributed by atoms with E-state index in [1.165, 1.54) is 19.1 Å². The molecule has 5 heteroatoms. The fourth-order valence-electron chi connectivity index (χ4n) is 0.970. The van der Waals surface area contributed by atoms with Crippen LogP contribution in [-0.4, -0.2) is 23.5 Å². The predicted molar refractivity (Wildman–Crippen MR) is 49.5 cm³/mol. The van der Waals surface area contributed by atoms with Gasteiger partial charge in [0.05, 0.1) is 5.56 Å². The molecule has 0 aliphatic rings. The highest BCUT2D eigenvalue weighted by Crippen LogP contribution is 2.22. The molecular weight excluding hydrogens is 203 g/mol. The van der Waals surface area contributed by atoms with Gasteiger partial charge in [-0.2, -0.15) is 0 Å². The molecule has 15 heavy (non-hydrogen) atoms. The van der Waals surface area contributed by atoms with Gasteiger partial charge in [-0.15, -0.1) is 0 Å². The Hall–Kier alpha value is -1.91. The zero-order valence-electron chi connectivity index (χ0n) is 7.94. The number of ether oxygens (including phenoxy) is 1. The highest BCUT2D eigenvalue weighted by molar-refractivity contribution is 5.80. The minimum Gasteiger partial charge on any atom is -0.479 e. The summed E-state index contributed by atoms with van der Waals surface area (Å²) in [6.45, 7) is 1.25. The molecule has 0 spiro atoms. The number of halogens is 1. The van der Waals surface area contributed by atoms with Crippen molar-refractivity contribution >= 4 is 12.3 Å². The molecule has 1 atom stereocenters. The molecule has 0 unspecified atom stereocenters. The molecule has 0 bridgehead atoms. The molecule has 0 aromatic heterocycles. The number of carboxylic acids is 1. The molecule has 1 aromatic rings. The Balaban J connectivity index is 3.02. The van der Waals surface area contributed by atoms with E-state index in [-0.39, 0.29) is 11.3 Å². The van der Waals surface area contributed by atoms with Gasteiger partial charge in [0, 0.05) is 0 Å². The topological polar surface area (TPSA) is 63.6 Å². The third-order valence-corrected chi connectivity index (χ3v) is 1.77. The van der Waals surface area contributed by atoms with E-state index in [2.05, 4.69) is 0 Å². The van der Waals surface area contributed by atoms with Crippen molar-refractivity contribution in [2.45, 2.75) is 13.0 Å². The molecule has 1 rings (SSSR count). The number of aldehydes is 1. The van der Waals surface area contributed by atoms with Crippen LogP contribution in [0.4, 0.5) is 4.39 Å². The number of hydrogen-bond acceptors (Lipinski definition) is 3. The van der Waals surface area contributed by atoms with Gasteiger partial charge in [0.2, 0.25) is 0 Å². The number of carbonyl (C=O) groups is 2. The molecule has 80 valence electrons. The lowest BCUT2D eigenvalue weighted by atomic mass is 10.2. The van der Waals surface area contributed by atoms with E-state index in [1.54, 1.807) is 0 Å². The van der Waals surface area contributed by atoms with Crippen LogP contribution in [-0.2, 0) is 4.79 Å². The van der Waals surface area contributed by atoms with E-state index in [9.17, 15) is 14.0 Å². The van der Waals surface area contributed by atoms with Gasteiger partial charge in [-0.25, -0.2) is 9.18 Å². The Morgan fingerprint density at radius 2 is 2.27 bits per heavy atom. The number of benzene rings is 1. The van der Waals surface area contributed by atoms with Crippen LogP contribution in [0.25, 0.3) is 0 Å². The highest BCUT2D eigenvalue weighted by Gasteiger charge is 2.17. The monoisotopic (exact) mass is 212 g/mol. The molecule has 0 saturated heterocycles. The van der Waals surface area contributed by atoms with E-state index in [1.807, 2.05) is 0 Å². The average molecular weight is 212 g/mol. The zero-order chi connectivity index (χ0) is 11.4. The highest BCUT2D eigenvalue weighted by atomic mass is 19.1. The molecule has 4 nitrogen and oxygen atoms in total. The second-order valence-corrected chi connectivity index (χ2v) is 2.87. The van der Waals surface area contributed by atoms with Crippen molar-refractivity contribution in [1.29, 1.82) is 0 Å². The second-order valence-electron chi connectivity index (χ2n) is 2.87. The van der Waals surface area contributed by atoms with Gasteiger partial charge < -0.3 is 9.84 Å². The zero-order valence-corrected chi connectivity index (χ0v) is 7.94. The Bertz CT molecular complexity index is 389. The van der Waals surface area contributed by atoms with Crippen LogP contribution in [0.3, 0.4) is 0 Å². The third-order valence-electron chi connectivity index (χ3n) is 1.77. The van der Waals surface area contributed by atoms with Gasteiger partial charge in [0.1, 0.15) is 0 Å². The molecule has 0 heterocycles. The molecule has 0 radical (unpaired) electrons. The maximum absolute atomic E-state index is 13.2. The van der Waals surface area contributed by atoms with Crippen LogP contribution in [0.5, 0.6) is 5.75 Å². The quantitative estimate of drug-likeness (QED) is 0.768. The molecule has 0 amide bonds. The summed E-state index contributed by atoms with van der Waals surface area (Å²) < 4.78 is 18.0. The summed E-state index contributed by atoms with van der Waals surface area (Å²) in [5.74, 6) is -2.31. The van der Waals surface area contributed by atoms with Crippen molar-refractivity contribution in [2.75, 3.05) is 0 Å². The summed E-state index contributed by atoms with van der Waals surface area (Å²) in [4.78, 5) is 21.0. The first-order valence-corrected chi connectivity index (χ1v) is 4.19. The first-order valence-electron chi connectivity index (χ1n) is 4.19. The van der Waals surface area contributed by atoms with Crippen molar-refractivity contribution in [3.8, 4) is 5.75 Å². The van der Waals surface area contributed by atoms with Gasteiger partial charge in [0.25, 0.3) is 0 Å². The summed E-state index contributed by atoms with van der Waals surface area (Å²) in [5, 5.41) is 8.56. The minimum atomic E-state index is -1.23. The van der Waals surface area contributed by atoms with Crippen LogP contribution < -0.4 is 4.74 Å². The molecule has 1 aromatic carbocycles. The smallest absolute Gasteiger partial charge is 0.344 e. The van der Waals surface area contributed by atoms with Gasteiger partial charge in [0.15, 0.2) is 24.0 Å². The molecule has 1 N–H and O–H groups in total. The molecule has 0 aliphatic heterocycles. The summed E-state index contributed by atoms with van der Waals surface area (Å²) in [6, 6.07) is 3.79. The summed E-state index contributed by atoms with van der Waals surface area (Å²) in [7, 11) is 0. The number of aliphatic carboxylic acids is 1. The SMILES string of the molecule is C[C@@H](Oc1c(F)cccc1C=O)C(=O)O. The first kappa shape index (κ1) is 11.2. The van der Waals surface area contributed by atoms with Gasteiger partial charge >= 0.3 is 5.97 Å². The predicted octanol–water partition coefficient (Wildman–Crippen LogP) is 1.49. The number of carboxylic acid groups (broad SMARTS) is 1. The minimum absolute atomic E-state index is 0.0110. The Labute approximate surface area is 85.3 Å². The van der Waals surface area contributed by atoms with Crippen LogP contribution in [0, 0.1) is 5.82 Å². The van der Waals surface area contributed by atoms with Gasteiger partial charge in [-0.1, -0.05) is 6.07 Å². The lowest BCUT2D eigenvalue weighted by molar-refractivity contribution is -0.144. The van der Waals surface area contributed by atoms with Crippen LogP contribution in [0.2, 0.25) is 0 Å². The number of carbonyl (C=O) groups excluding carboxylic acids is 1. The number of para-hydroxylation sites is 1. The van der Waals surface area contributed by atoms with Crippen molar-refractivity contribution < 1.29 is 23.8 Å². The number of rotatable bonds is 4. The lowest BCUT2D eigenvalue weighted by Crippen LogP contribution is -2.23. The summed E-state index contributed by atoms with van der Waals surface area (Å²) in [6.07, 6.45) is -0.798. The summed E-state index contributed by atoms with van der Waals surface area (Å²) >= 11 is 0. The molecular formula is C10H9FO4. The van der Waals surface area contributed by atoms with Crippen molar-refractivity contribution in [3.05, 3.63) is 29.6 Å². The Morgan fingerprint density at radius 3 is 2.80 bits per heavy atom. The standard InChI is InChI=1S/C10H9FO4/c1-6(10(13)14)15-9-7(5-12)3-2-4-8(9)11/h2-6H,1H3,(H,13,14)/t6-/m1/s1. The average Bonchev–Trinajstić information content (AvgIpc) is 2.20. The van der Waals surface area contributed by atoms with Crippen LogP contribution in [0.1, 0.15) is 17.3 Å². The van der Waals surface area contributed by atoms with Gasteiger partial charge in [-0.05, 0) is 19.1 Å². The van der Waals surface area contributed by atoms with Gasteiger partial charge in [-0.3, -0.25) is 4.79 Å². The Kier molecular flexibility index (Phi) is 3.38. The molecule has 0 fully saturated rings. The Morgan fingerprint density at radius 1 is 1.60 bits per heavy atom. The van der Waals surface area contributed by atoms with Crippen LogP contribution in [0.15, 0.2) is 18.2 Å². The van der Waals surface area contributed by atoms with E-state index >= 15 is 0 Å². The van der Waals surface area contributed by atoms with Crippen molar-refractivity contribution in [1.82, 2.24) is 0 Å². The fraction of sp³-hybridized carbons (Fsp3) is 0.200. The van der Waals surface area contributed by atoms with E-state index < -0.39 is 17.9 Å². The maximum Gasteiger partial charge on any atom is 0.344 e. The lowest BCUT2D eigenvalue weighted by Gasteiger charge is -2.12. The molecule has 0 aliphatic carbocycles. The normalized spacial score (nSPS) is 11.9. The van der Waals surface area contributed by atoms with E-state index in [0.29, 0.717) is 6.29 Å². The fourth-order valence-corrected chi connectivity index (χ4v) is 0.970. The number of hydrogen-bond donors (Lipinski definition) is 1.